The van der Waals surface area contributed by atoms with Crippen molar-refractivity contribution in [1.29, 1.82) is 0 Å². The normalized spacial score (nSPS) is 11.8. The van der Waals surface area contributed by atoms with Gasteiger partial charge in [-0.3, -0.25) is 0 Å². The Morgan fingerprint density at radius 1 is 0.333 bits per heavy atom. The Kier molecular flexibility index (Phi) is 5.70. The minimum absolute atomic E-state index is 0.925. The molecule has 0 unspecified atom stereocenters. The number of rotatable bonds is 3. The Bertz CT molecular complexity index is 2600. The lowest BCUT2D eigenvalue weighted by Crippen LogP contribution is -1.92. The number of benzene rings is 8. The molecule has 9 rings (SSSR count). The van der Waals surface area contributed by atoms with Gasteiger partial charge in [0, 0.05) is 10.8 Å². The van der Waals surface area contributed by atoms with Crippen LogP contribution in [0, 0.1) is 13.8 Å². The van der Waals surface area contributed by atoms with Gasteiger partial charge in [0.1, 0.15) is 11.2 Å². The summed E-state index contributed by atoms with van der Waals surface area (Å²) in [5.74, 6) is 0. The van der Waals surface area contributed by atoms with E-state index in [1.54, 1.807) is 0 Å². The predicted molar refractivity (Wildman–Crippen MR) is 192 cm³/mol. The number of para-hydroxylation sites is 1. The van der Waals surface area contributed by atoms with Gasteiger partial charge in [0.15, 0.2) is 0 Å². The van der Waals surface area contributed by atoms with Crippen molar-refractivity contribution in [2.24, 2.45) is 0 Å². The van der Waals surface area contributed by atoms with Crippen LogP contribution in [0.4, 0.5) is 0 Å². The van der Waals surface area contributed by atoms with Crippen molar-refractivity contribution in [3.8, 4) is 33.4 Å². The summed E-state index contributed by atoms with van der Waals surface area (Å²) in [6, 6.07) is 53.2. The Labute approximate surface area is 262 Å². The summed E-state index contributed by atoms with van der Waals surface area (Å²) in [6.07, 6.45) is 0. The average molecular weight is 575 g/mol. The summed E-state index contributed by atoms with van der Waals surface area (Å²) in [6.45, 7) is 4.38. The molecule has 0 aliphatic carbocycles. The molecule has 1 nitrogen and oxygen atoms in total. The fourth-order valence-electron chi connectivity index (χ4n) is 7.17. The fraction of sp³-hybridized carbons (Fsp3) is 0.0455. The molecule has 0 N–H and O–H groups in total. The third-order valence-electron chi connectivity index (χ3n) is 9.33. The largest absolute Gasteiger partial charge is 0.456 e. The lowest BCUT2D eigenvalue weighted by atomic mass is 9.84. The van der Waals surface area contributed by atoms with Gasteiger partial charge in [-0.05, 0) is 110 Å². The van der Waals surface area contributed by atoms with E-state index < -0.39 is 0 Å². The van der Waals surface area contributed by atoms with Crippen molar-refractivity contribution in [3.05, 3.63) is 157 Å². The summed E-state index contributed by atoms with van der Waals surface area (Å²) in [5, 5.41) is 9.94. The lowest BCUT2D eigenvalue weighted by molar-refractivity contribution is 0.669. The maximum Gasteiger partial charge on any atom is 0.135 e. The van der Waals surface area contributed by atoms with Crippen LogP contribution in [0.5, 0.6) is 0 Å². The van der Waals surface area contributed by atoms with Crippen LogP contribution in [0.2, 0.25) is 0 Å². The average Bonchev–Trinajstić information content (AvgIpc) is 3.45. The molecule has 8 aromatic carbocycles. The second-order valence-corrected chi connectivity index (χ2v) is 12.3. The first-order chi connectivity index (χ1) is 22.1. The van der Waals surface area contributed by atoms with E-state index in [0.29, 0.717) is 0 Å². The molecule has 0 saturated heterocycles. The maximum absolute atomic E-state index is 6.08. The number of fused-ring (bicyclic) bond motifs is 6. The lowest BCUT2D eigenvalue weighted by Gasteiger charge is -2.19. The van der Waals surface area contributed by atoms with Gasteiger partial charge in [0.25, 0.3) is 0 Å². The quantitative estimate of drug-likeness (QED) is 0.191. The van der Waals surface area contributed by atoms with Crippen LogP contribution in [0.1, 0.15) is 11.1 Å². The number of hydrogen-bond acceptors (Lipinski definition) is 1. The Hall–Kier alpha value is -5.66. The van der Waals surface area contributed by atoms with E-state index >= 15 is 0 Å². The highest BCUT2D eigenvalue weighted by Crippen LogP contribution is 2.45. The molecule has 9 aromatic rings. The third kappa shape index (κ3) is 4.16. The van der Waals surface area contributed by atoms with Crippen molar-refractivity contribution in [2.75, 3.05) is 0 Å². The van der Waals surface area contributed by atoms with Gasteiger partial charge in [-0.2, -0.15) is 0 Å². The molecule has 0 aliphatic heterocycles. The molecule has 212 valence electrons. The van der Waals surface area contributed by atoms with Gasteiger partial charge in [0.2, 0.25) is 0 Å². The van der Waals surface area contributed by atoms with Crippen molar-refractivity contribution >= 4 is 54.3 Å². The number of aryl methyl sites for hydroxylation is 2. The van der Waals surface area contributed by atoms with E-state index in [2.05, 4.69) is 147 Å². The molecule has 0 bridgehead atoms. The molecule has 0 amide bonds. The Balaban J connectivity index is 1.24. The van der Waals surface area contributed by atoms with Gasteiger partial charge in [-0.15, -0.1) is 0 Å². The van der Waals surface area contributed by atoms with Crippen LogP contribution in [-0.2, 0) is 0 Å². The second kappa shape index (κ2) is 9.94. The van der Waals surface area contributed by atoms with Crippen molar-refractivity contribution in [2.45, 2.75) is 13.8 Å². The molecule has 0 saturated carbocycles. The molecular formula is C44H30O. The second-order valence-electron chi connectivity index (χ2n) is 12.3. The van der Waals surface area contributed by atoms with Gasteiger partial charge >= 0.3 is 0 Å². The predicted octanol–water partition coefficient (Wildman–Crippen LogP) is 12.7. The van der Waals surface area contributed by atoms with Crippen LogP contribution < -0.4 is 0 Å². The number of furan rings is 1. The van der Waals surface area contributed by atoms with Crippen LogP contribution in [-0.4, -0.2) is 0 Å². The summed E-state index contributed by atoms with van der Waals surface area (Å²) >= 11 is 0. The summed E-state index contributed by atoms with van der Waals surface area (Å²) in [7, 11) is 0. The first-order valence-corrected chi connectivity index (χ1v) is 15.6. The molecule has 0 atom stereocenters. The zero-order chi connectivity index (χ0) is 30.1. The Morgan fingerprint density at radius 3 is 1.62 bits per heavy atom. The van der Waals surface area contributed by atoms with Gasteiger partial charge in [0.05, 0.1) is 0 Å². The Morgan fingerprint density at radius 2 is 0.889 bits per heavy atom. The molecule has 45 heavy (non-hydrogen) atoms. The molecule has 0 radical (unpaired) electrons. The highest BCUT2D eigenvalue weighted by molar-refractivity contribution is 6.22. The van der Waals surface area contributed by atoms with Crippen LogP contribution >= 0.6 is 0 Å². The molecule has 1 heterocycles. The molecule has 1 aromatic heterocycles. The van der Waals surface area contributed by atoms with E-state index in [4.69, 9.17) is 4.42 Å². The minimum Gasteiger partial charge on any atom is -0.456 e. The highest BCUT2D eigenvalue weighted by atomic mass is 16.3. The summed E-state index contributed by atoms with van der Waals surface area (Å²) in [5.41, 5.74) is 11.9. The van der Waals surface area contributed by atoms with E-state index in [-0.39, 0.29) is 0 Å². The molecule has 0 aliphatic rings. The first kappa shape index (κ1) is 25.8. The zero-order valence-corrected chi connectivity index (χ0v) is 25.3. The maximum atomic E-state index is 6.08. The monoisotopic (exact) mass is 574 g/mol. The number of hydrogen-bond donors (Lipinski definition) is 0. The van der Waals surface area contributed by atoms with Crippen molar-refractivity contribution in [3.63, 3.8) is 0 Å². The standard InChI is InChI=1S/C44H30O/c1-27-13-20-37-39(22-27)43(29-8-4-3-5-9-29)36-19-12-28(2)23-40(36)44(37)34-17-16-30-24-31(14-15-32(30)25-34)33-18-21-42-38(26-33)35-10-6-7-11-41(35)45-42/h3-26H,1-2H3. The fourth-order valence-corrected chi connectivity index (χ4v) is 7.17. The SMILES string of the molecule is Cc1ccc2c(-c3ccc4cc(-c5ccc6oc7ccccc7c6c5)ccc4c3)c3cc(C)ccc3c(-c3ccccc3)c2c1. The van der Waals surface area contributed by atoms with E-state index in [0.717, 1.165) is 21.9 Å². The molecule has 1 heteroatoms. The smallest absolute Gasteiger partial charge is 0.135 e. The molecule has 0 fully saturated rings. The van der Waals surface area contributed by atoms with E-state index in [1.807, 2.05) is 12.1 Å². The van der Waals surface area contributed by atoms with Gasteiger partial charge < -0.3 is 4.42 Å². The zero-order valence-electron chi connectivity index (χ0n) is 25.3. The van der Waals surface area contributed by atoms with Crippen LogP contribution in [0.3, 0.4) is 0 Å². The topological polar surface area (TPSA) is 13.1 Å². The van der Waals surface area contributed by atoms with Gasteiger partial charge in [-0.25, -0.2) is 0 Å². The van der Waals surface area contributed by atoms with Crippen LogP contribution in [0.15, 0.2) is 150 Å². The minimum atomic E-state index is 0.925. The van der Waals surface area contributed by atoms with E-state index in [9.17, 15) is 0 Å². The van der Waals surface area contributed by atoms with Crippen LogP contribution in [0.25, 0.3) is 87.6 Å². The van der Waals surface area contributed by atoms with Crippen molar-refractivity contribution in [1.82, 2.24) is 0 Å². The van der Waals surface area contributed by atoms with E-state index in [1.165, 1.54) is 76.8 Å². The first-order valence-electron chi connectivity index (χ1n) is 15.6. The van der Waals surface area contributed by atoms with Crippen molar-refractivity contribution < 1.29 is 4.42 Å². The summed E-state index contributed by atoms with van der Waals surface area (Å²) in [4.78, 5) is 0. The molecular weight excluding hydrogens is 544 g/mol. The van der Waals surface area contributed by atoms with Gasteiger partial charge in [-0.1, -0.05) is 126 Å². The third-order valence-corrected chi connectivity index (χ3v) is 9.33. The molecule has 0 spiro atoms. The summed E-state index contributed by atoms with van der Waals surface area (Å²) < 4.78 is 6.08. The highest BCUT2D eigenvalue weighted by Gasteiger charge is 2.18.